The number of ether oxygens (including phenoxy) is 1. The summed E-state index contributed by atoms with van der Waals surface area (Å²) in [6, 6.07) is 10.5. The summed E-state index contributed by atoms with van der Waals surface area (Å²) in [5, 5.41) is 2.68. The number of benzene rings is 2. The van der Waals surface area contributed by atoms with Crippen LogP contribution in [0.5, 0.6) is 5.75 Å². The molecule has 1 aliphatic rings. The number of anilines is 1. The van der Waals surface area contributed by atoms with Crippen molar-refractivity contribution in [3.8, 4) is 5.75 Å². The molecule has 1 aliphatic heterocycles. The van der Waals surface area contributed by atoms with Crippen molar-refractivity contribution < 1.29 is 28.1 Å². The number of nitrogens with one attached hydrogen (secondary N) is 3. The van der Waals surface area contributed by atoms with Gasteiger partial charge < -0.3 is 19.9 Å². The number of quaternary nitrogens is 2. The highest BCUT2D eigenvalue weighted by atomic mass is 19.1. The Morgan fingerprint density at radius 1 is 1.14 bits per heavy atom. The van der Waals surface area contributed by atoms with E-state index in [-0.39, 0.29) is 23.5 Å². The van der Waals surface area contributed by atoms with Crippen LogP contribution in [0.25, 0.3) is 0 Å². The lowest BCUT2D eigenvalue weighted by molar-refractivity contribution is -1.02. The largest absolute Gasteiger partial charge is 0.496 e. The molecule has 7 heteroatoms. The lowest BCUT2D eigenvalue weighted by Gasteiger charge is -2.32. The third kappa shape index (κ3) is 4.85. The molecule has 0 aromatic heterocycles. The summed E-state index contributed by atoms with van der Waals surface area (Å²) in [5.74, 6) is -0.189. The van der Waals surface area contributed by atoms with Crippen LogP contribution in [0.15, 0.2) is 42.5 Å². The van der Waals surface area contributed by atoms with Gasteiger partial charge in [0.25, 0.3) is 5.91 Å². The molecule has 0 radical (unpaired) electrons. The summed E-state index contributed by atoms with van der Waals surface area (Å²) in [7, 11) is 1.59. The normalized spacial score (nSPS) is 20.4. The minimum atomic E-state index is -0.434. The fourth-order valence-electron chi connectivity index (χ4n) is 3.68. The summed E-state index contributed by atoms with van der Waals surface area (Å²) < 4.78 is 32.6. The van der Waals surface area contributed by atoms with Gasteiger partial charge in [-0.1, -0.05) is 12.1 Å². The summed E-state index contributed by atoms with van der Waals surface area (Å²) in [6.45, 7) is 5.92. The number of amides is 1. The lowest BCUT2D eigenvalue weighted by atomic mass is 10.1. The van der Waals surface area contributed by atoms with Gasteiger partial charge in [-0.25, -0.2) is 8.78 Å². The molecule has 0 aliphatic carbocycles. The standard InChI is InChI=1S/C21H25F2N3O2/c1-15(21(27)24-19-6-4-3-5-18(19)23)26-11-9-25(10-12-26)14-16-13-17(22)7-8-20(16)28-2/h3-8,13,15H,9-12,14H2,1-2H3,(H,24,27)/p+2/t15-/m0/s1. The molecular formula is C21H27F2N3O2+2. The number of piperazine rings is 1. The maximum absolute atomic E-state index is 13.7. The minimum Gasteiger partial charge on any atom is -0.496 e. The first-order valence-corrected chi connectivity index (χ1v) is 9.54. The second-order valence-electron chi connectivity index (χ2n) is 7.23. The first-order chi connectivity index (χ1) is 13.5. The van der Waals surface area contributed by atoms with Gasteiger partial charge in [-0.15, -0.1) is 0 Å². The average molecular weight is 391 g/mol. The first-order valence-electron chi connectivity index (χ1n) is 9.54. The van der Waals surface area contributed by atoms with Crippen molar-refractivity contribution in [3.05, 3.63) is 59.7 Å². The Morgan fingerprint density at radius 3 is 2.54 bits per heavy atom. The van der Waals surface area contributed by atoms with Crippen molar-refractivity contribution >= 4 is 11.6 Å². The molecule has 5 nitrogen and oxygen atoms in total. The molecule has 28 heavy (non-hydrogen) atoms. The van der Waals surface area contributed by atoms with Crippen molar-refractivity contribution in [3.63, 3.8) is 0 Å². The summed E-state index contributed by atoms with van der Waals surface area (Å²) in [5.41, 5.74) is 1.06. The molecule has 0 bridgehead atoms. The van der Waals surface area contributed by atoms with Crippen LogP contribution in [0.4, 0.5) is 14.5 Å². The van der Waals surface area contributed by atoms with Crippen LogP contribution in [0.3, 0.4) is 0 Å². The van der Waals surface area contributed by atoms with E-state index < -0.39 is 5.82 Å². The van der Waals surface area contributed by atoms with Gasteiger partial charge in [-0.05, 0) is 37.3 Å². The Morgan fingerprint density at radius 2 is 1.86 bits per heavy atom. The molecule has 3 rings (SSSR count). The second-order valence-corrected chi connectivity index (χ2v) is 7.23. The molecule has 3 N–H and O–H groups in total. The van der Waals surface area contributed by atoms with Crippen LogP contribution >= 0.6 is 0 Å². The van der Waals surface area contributed by atoms with E-state index >= 15 is 0 Å². The predicted molar refractivity (Wildman–Crippen MR) is 103 cm³/mol. The van der Waals surface area contributed by atoms with E-state index in [2.05, 4.69) is 5.32 Å². The van der Waals surface area contributed by atoms with Gasteiger partial charge >= 0.3 is 0 Å². The maximum Gasteiger partial charge on any atom is 0.282 e. The number of methoxy groups -OCH3 is 1. The molecular weight excluding hydrogens is 364 g/mol. The lowest BCUT2D eigenvalue weighted by Crippen LogP contribution is -3.29. The number of carbonyl (C=O) groups is 1. The Labute approximate surface area is 163 Å². The van der Waals surface area contributed by atoms with E-state index in [1.165, 1.54) is 28.0 Å². The topological polar surface area (TPSA) is 47.2 Å². The molecule has 2 aromatic carbocycles. The van der Waals surface area contributed by atoms with E-state index in [4.69, 9.17) is 4.74 Å². The molecule has 1 fully saturated rings. The summed E-state index contributed by atoms with van der Waals surface area (Å²) in [6.07, 6.45) is 0. The highest BCUT2D eigenvalue weighted by Crippen LogP contribution is 2.18. The molecule has 1 amide bonds. The minimum absolute atomic E-state index is 0.185. The molecule has 0 spiro atoms. The van der Waals surface area contributed by atoms with Gasteiger partial charge in [0.15, 0.2) is 6.04 Å². The zero-order chi connectivity index (χ0) is 20.1. The second kappa shape index (κ2) is 9.12. The van der Waals surface area contributed by atoms with Crippen molar-refractivity contribution in [2.45, 2.75) is 19.5 Å². The van der Waals surface area contributed by atoms with Gasteiger partial charge in [0.2, 0.25) is 0 Å². The number of halogens is 2. The zero-order valence-corrected chi connectivity index (χ0v) is 16.2. The monoisotopic (exact) mass is 391 g/mol. The molecule has 2 aromatic rings. The number of hydrogen-bond acceptors (Lipinski definition) is 2. The van der Waals surface area contributed by atoms with E-state index in [1.807, 2.05) is 6.92 Å². The van der Waals surface area contributed by atoms with Crippen molar-refractivity contribution in [2.75, 3.05) is 38.6 Å². The first kappa shape index (κ1) is 20.2. The molecule has 1 saturated heterocycles. The number of hydrogen-bond donors (Lipinski definition) is 3. The third-order valence-electron chi connectivity index (χ3n) is 5.42. The predicted octanol–water partition coefficient (Wildman–Crippen LogP) is 0.284. The van der Waals surface area contributed by atoms with E-state index in [0.29, 0.717) is 12.3 Å². The molecule has 150 valence electrons. The smallest absolute Gasteiger partial charge is 0.282 e. The van der Waals surface area contributed by atoms with E-state index in [0.717, 1.165) is 31.7 Å². The summed E-state index contributed by atoms with van der Waals surface area (Å²) >= 11 is 0. The van der Waals surface area contributed by atoms with Gasteiger partial charge in [-0.3, -0.25) is 4.79 Å². The fourth-order valence-corrected chi connectivity index (χ4v) is 3.68. The van der Waals surface area contributed by atoms with Crippen LogP contribution in [0.2, 0.25) is 0 Å². The molecule has 0 unspecified atom stereocenters. The number of carbonyl (C=O) groups excluding carboxylic acids is 1. The van der Waals surface area contributed by atoms with Gasteiger partial charge in [-0.2, -0.15) is 0 Å². The Balaban J connectivity index is 1.54. The van der Waals surface area contributed by atoms with Gasteiger partial charge in [0, 0.05) is 0 Å². The quantitative estimate of drug-likeness (QED) is 0.663. The molecule has 1 heterocycles. The fraction of sp³-hybridized carbons (Fsp3) is 0.381. The zero-order valence-electron chi connectivity index (χ0n) is 16.2. The Bertz CT molecular complexity index is 823. The third-order valence-corrected chi connectivity index (χ3v) is 5.42. The molecule has 0 saturated carbocycles. The maximum atomic E-state index is 13.7. The van der Waals surface area contributed by atoms with Crippen LogP contribution < -0.4 is 19.9 Å². The summed E-state index contributed by atoms with van der Waals surface area (Å²) in [4.78, 5) is 15.0. The SMILES string of the molecule is COc1ccc(F)cc1C[NH+]1CC[NH+]([C@@H](C)C(=O)Nc2ccccc2F)CC1. The van der Waals surface area contributed by atoms with Crippen LogP contribution in [-0.2, 0) is 11.3 Å². The van der Waals surface area contributed by atoms with Crippen molar-refractivity contribution in [2.24, 2.45) is 0 Å². The van der Waals surface area contributed by atoms with Crippen LogP contribution in [0, 0.1) is 11.6 Å². The van der Waals surface area contributed by atoms with E-state index in [1.54, 1.807) is 31.4 Å². The highest BCUT2D eigenvalue weighted by molar-refractivity contribution is 5.93. The van der Waals surface area contributed by atoms with Gasteiger partial charge in [0.1, 0.15) is 50.1 Å². The van der Waals surface area contributed by atoms with Crippen LogP contribution in [-0.4, -0.2) is 45.2 Å². The Hall–Kier alpha value is -2.51. The van der Waals surface area contributed by atoms with Crippen LogP contribution in [0.1, 0.15) is 12.5 Å². The van der Waals surface area contributed by atoms with E-state index in [9.17, 15) is 13.6 Å². The van der Waals surface area contributed by atoms with Gasteiger partial charge in [0.05, 0.1) is 18.4 Å². The molecule has 1 atom stereocenters. The highest BCUT2D eigenvalue weighted by Gasteiger charge is 2.31. The average Bonchev–Trinajstić information content (AvgIpc) is 2.70. The van der Waals surface area contributed by atoms with Crippen molar-refractivity contribution in [1.29, 1.82) is 0 Å². The Kier molecular flexibility index (Phi) is 6.59. The number of rotatable bonds is 6. The number of para-hydroxylation sites is 1. The van der Waals surface area contributed by atoms with Crippen molar-refractivity contribution in [1.82, 2.24) is 0 Å².